The van der Waals surface area contributed by atoms with Gasteiger partial charge in [0.1, 0.15) is 0 Å². The summed E-state index contributed by atoms with van der Waals surface area (Å²) in [5, 5.41) is 11.3. The molecule has 8 heteroatoms. The van der Waals surface area contributed by atoms with Crippen LogP contribution in [0.1, 0.15) is 10.4 Å². The number of amidine groups is 1. The van der Waals surface area contributed by atoms with Crippen molar-refractivity contribution in [3.63, 3.8) is 0 Å². The van der Waals surface area contributed by atoms with Crippen molar-refractivity contribution in [3.8, 4) is 17.4 Å². The maximum atomic E-state index is 11.3. The topological polar surface area (TPSA) is 96.3 Å². The van der Waals surface area contributed by atoms with Crippen LogP contribution in [0.2, 0.25) is 0 Å². The van der Waals surface area contributed by atoms with E-state index >= 15 is 0 Å². The number of benzene rings is 2. The summed E-state index contributed by atoms with van der Waals surface area (Å²) in [6.45, 7) is 0. The summed E-state index contributed by atoms with van der Waals surface area (Å²) in [6, 6.07) is 11.1. The minimum absolute atomic E-state index is 0.135. The molecule has 1 aliphatic heterocycles. The number of fused-ring (bicyclic) bond motifs is 1. The molecule has 0 saturated carbocycles. The van der Waals surface area contributed by atoms with Crippen LogP contribution in [-0.4, -0.2) is 30.1 Å². The zero-order valence-electron chi connectivity index (χ0n) is 14.5. The maximum absolute atomic E-state index is 11.3. The highest BCUT2D eigenvalue weighted by Crippen LogP contribution is 2.28. The number of aromatic nitrogens is 1. The van der Waals surface area contributed by atoms with Gasteiger partial charge in [0.15, 0.2) is 17.3 Å². The van der Waals surface area contributed by atoms with Crippen LogP contribution < -0.4 is 24.9 Å². The Balaban J connectivity index is 1.73. The van der Waals surface area contributed by atoms with Gasteiger partial charge in [-0.15, -0.1) is 0 Å². The van der Waals surface area contributed by atoms with Gasteiger partial charge in [0.2, 0.25) is 5.88 Å². The minimum Gasteiger partial charge on any atom is -0.493 e. The second-order valence-corrected chi connectivity index (χ2v) is 6.75. The first-order valence-corrected chi connectivity index (χ1v) is 8.83. The van der Waals surface area contributed by atoms with Gasteiger partial charge in [-0.25, -0.2) is 9.98 Å². The van der Waals surface area contributed by atoms with E-state index < -0.39 is 0 Å². The van der Waals surface area contributed by atoms with Gasteiger partial charge in [0, 0.05) is 5.56 Å². The number of nitrogens with zero attached hydrogens (tertiary/aromatic N) is 2. The highest BCUT2D eigenvalue weighted by atomic mass is 32.1. The van der Waals surface area contributed by atoms with Gasteiger partial charge < -0.3 is 14.6 Å². The molecule has 2 N–H and O–H groups in total. The SMILES string of the molecule is COc1ccc(C2=Nc3c/c(=C/c4sc(=O)[nH]c4O)ccc3=N2)cc1OC. The zero-order valence-corrected chi connectivity index (χ0v) is 15.3. The van der Waals surface area contributed by atoms with Crippen LogP contribution in [0.15, 0.2) is 51.2 Å². The second-order valence-electron chi connectivity index (χ2n) is 5.74. The Bertz CT molecular complexity index is 1240. The van der Waals surface area contributed by atoms with Crippen LogP contribution in [0, 0.1) is 0 Å². The van der Waals surface area contributed by atoms with Crippen LogP contribution in [0.5, 0.6) is 17.4 Å². The fourth-order valence-corrected chi connectivity index (χ4v) is 3.44. The Morgan fingerprint density at radius 2 is 1.89 bits per heavy atom. The molecule has 136 valence electrons. The van der Waals surface area contributed by atoms with E-state index in [0.717, 1.165) is 33.2 Å². The molecule has 0 aliphatic carbocycles. The number of H-pyrrole nitrogens is 1. The molecule has 27 heavy (non-hydrogen) atoms. The number of aromatic amines is 1. The van der Waals surface area contributed by atoms with E-state index in [4.69, 9.17) is 9.47 Å². The third kappa shape index (κ3) is 3.22. The van der Waals surface area contributed by atoms with Gasteiger partial charge in [-0.3, -0.25) is 9.78 Å². The number of methoxy groups -OCH3 is 2. The normalized spacial score (nSPS) is 13.1. The van der Waals surface area contributed by atoms with Crippen LogP contribution in [0.25, 0.3) is 6.08 Å². The Kier molecular flexibility index (Phi) is 4.25. The van der Waals surface area contributed by atoms with E-state index in [1.165, 1.54) is 0 Å². The maximum Gasteiger partial charge on any atom is 0.307 e. The largest absolute Gasteiger partial charge is 0.493 e. The molecule has 1 aliphatic rings. The number of nitrogens with one attached hydrogen (secondary N) is 1. The molecular formula is C19H15N3O4S. The molecule has 0 spiro atoms. The fraction of sp³-hybridized carbons (Fsp3) is 0.105. The lowest BCUT2D eigenvalue weighted by Crippen LogP contribution is -2.07. The monoisotopic (exact) mass is 381 g/mol. The van der Waals surface area contributed by atoms with Crippen molar-refractivity contribution < 1.29 is 14.6 Å². The fourth-order valence-electron chi connectivity index (χ4n) is 2.75. The molecule has 3 aromatic rings. The lowest BCUT2D eigenvalue weighted by Gasteiger charge is -2.08. The van der Waals surface area contributed by atoms with Crippen LogP contribution in [-0.2, 0) is 0 Å². The molecule has 0 atom stereocenters. The molecule has 2 aromatic carbocycles. The average Bonchev–Trinajstić information content (AvgIpc) is 3.23. The zero-order chi connectivity index (χ0) is 19.0. The van der Waals surface area contributed by atoms with E-state index in [-0.39, 0.29) is 10.8 Å². The van der Waals surface area contributed by atoms with Gasteiger partial charge in [0.25, 0.3) is 0 Å². The van der Waals surface area contributed by atoms with Crippen molar-refractivity contribution in [1.29, 1.82) is 0 Å². The summed E-state index contributed by atoms with van der Waals surface area (Å²) in [7, 11) is 3.17. The van der Waals surface area contributed by atoms with Crippen LogP contribution in [0.3, 0.4) is 0 Å². The van der Waals surface area contributed by atoms with Crippen molar-refractivity contribution in [3.05, 3.63) is 67.1 Å². The van der Waals surface area contributed by atoms with Gasteiger partial charge in [-0.2, -0.15) is 0 Å². The molecule has 2 heterocycles. The molecule has 0 unspecified atom stereocenters. The molecule has 4 rings (SSSR count). The van der Waals surface area contributed by atoms with E-state index in [0.29, 0.717) is 22.2 Å². The number of hydrogen-bond acceptors (Lipinski definition) is 7. The standard InChI is InChI=1S/C19H15N3O4S/c1-25-14-6-4-11(9-15(14)26-2)17-20-12-5-3-10(7-13(12)21-17)8-16-18(23)22-19(24)27-16/h3-9,23H,1-2H3,(H,22,24)/b10-8+. The van der Waals surface area contributed by atoms with Gasteiger partial charge in [-0.1, -0.05) is 17.4 Å². The third-order valence-electron chi connectivity index (χ3n) is 4.05. The average molecular weight is 381 g/mol. The number of aliphatic imine (C=N–C) groups is 1. The van der Waals surface area contributed by atoms with Crippen LogP contribution in [0.4, 0.5) is 5.69 Å². The van der Waals surface area contributed by atoms with Crippen molar-refractivity contribution >= 4 is 28.9 Å². The molecule has 0 amide bonds. The number of rotatable bonds is 4. The Labute approximate surface area is 157 Å². The van der Waals surface area contributed by atoms with E-state index in [1.54, 1.807) is 20.3 Å². The predicted octanol–water partition coefficient (Wildman–Crippen LogP) is 1.70. The van der Waals surface area contributed by atoms with E-state index in [9.17, 15) is 9.90 Å². The number of thiazole rings is 1. The highest BCUT2D eigenvalue weighted by molar-refractivity contribution is 7.10. The van der Waals surface area contributed by atoms with Gasteiger partial charge in [-0.05, 0) is 41.6 Å². The molecular weight excluding hydrogens is 366 g/mol. The first-order valence-electron chi connectivity index (χ1n) is 8.01. The molecule has 1 aromatic heterocycles. The summed E-state index contributed by atoms with van der Waals surface area (Å²) in [5.74, 6) is 1.69. The quantitative estimate of drug-likeness (QED) is 0.719. The molecule has 7 nitrogen and oxygen atoms in total. The number of aromatic hydroxyl groups is 1. The first-order chi connectivity index (χ1) is 13.1. The predicted molar refractivity (Wildman–Crippen MR) is 103 cm³/mol. The Morgan fingerprint density at radius 1 is 1.07 bits per heavy atom. The van der Waals surface area contributed by atoms with Crippen molar-refractivity contribution in [1.82, 2.24) is 4.98 Å². The lowest BCUT2D eigenvalue weighted by atomic mass is 10.2. The van der Waals surface area contributed by atoms with E-state index in [1.807, 2.05) is 36.4 Å². The summed E-state index contributed by atoms with van der Waals surface area (Å²) >= 11 is 0.946. The van der Waals surface area contributed by atoms with Crippen LogP contribution >= 0.6 is 11.3 Å². The summed E-state index contributed by atoms with van der Waals surface area (Å²) < 4.78 is 10.6. The van der Waals surface area contributed by atoms with Crippen molar-refractivity contribution in [2.75, 3.05) is 14.2 Å². The highest BCUT2D eigenvalue weighted by Gasteiger charge is 2.13. The molecule has 0 radical (unpaired) electrons. The van der Waals surface area contributed by atoms with E-state index in [2.05, 4.69) is 15.0 Å². The number of hydrogen-bond donors (Lipinski definition) is 2. The van der Waals surface area contributed by atoms with Crippen molar-refractivity contribution in [2.45, 2.75) is 0 Å². The van der Waals surface area contributed by atoms with Gasteiger partial charge >= 0.3 is 4.87 Å². The minimum atomic E-state index is -0.302. The first kappa shape index (κ1) is 17.0. The second kappa shape index (κ2) is 6.73. The summed E-state index contributed by atoms with van der Waals surface area (Å²) in [6.07, 6.45) is 1.72. The Morgan fingerprint density at radius 3 is 2.59 bits per heavy atom. The molecule has 0 bridgehead atoms. The van der Waals surface area contributed by atoms with Crippen molar-refractivity contribution in [2.24, 2.45) is 9.98 Å². The Hall–Kier alpha value is -3.39. The summed E-state index contributed by atoms with van der Waals surface area (Å²) in [5.41, 5.74) is 1.53. The number of ether oxygens (including phenoxy) is 2. The molecule has 0 saturated heterocycles. The smallest absolute Gasteiger partial charge is 0.307 e. The third-order valence-corrected chi connectivity index (χ3v) is 4.87. The summed E-state index contributed by atoms with van der Waals surface area (Å²) in [4.78, 5) is 23.0. The molecule has 0 fully saturated rings. The van der Waals surface area contributed by atoms with Gasteiger partial charge in [0.05, 0.1) is 30.1 Å². The lowest BCUT2D eigenvalue weighted by molar-refractivity contribution is 0.355.